The van der Waals surface area contributed by atoms with E-state index in [1.54, 1.807) is 6.08 Å². The Hall–Kier alpha value is -2.12. The van der Waals surface area contributed by atoms with Crippen LogP contribution in [0.1, 0.15) is 245 Å². The van der Waals surface area contributed by atoms with Gasteiger partial charge in [-0.2, -0.15) is 0 Å². The zero-order valence-electron chi connectivity index (χ0n) is 42.9. The van der Waals surface area contributed by atoms with E-state index in [-0.39, 0.29) is 18.5 Å². The highest BCUT2D eigenvalue weighted by atomic mass is 16.7. The summed E-state index contributed by atoms with van der Waals surface area (Å²) in [7, 11) is 0. The van der Waals surface area contributed by atoms with E-state index in [0.717, 1.165) is 103 Å². The van der Waals surface area contributed by atoms with Crippen molar-refractivity contribution >= 4 is 11.9 Å². The number of amides is 1. The van der Waals surface area contributed by atoms with Crippen molar-refractivity contribution in [3.63, 3.8) is 0 Å². The molecule has 0 saturated carbocycles. The van der Waals surface area contributed by atoms with Crippen LogP contribution in [0.5, 0.6) is 0 Å². The standard InChI is InChI=1S/C56H103NO10/c1-3-5-7-9-11-13-15-19-23-26-30-34-38-42-49(59)48(47-66-56-55(64)54(63)53(62)50(46-58)67-56)57-51(60)43-39-35-31-27-24-20-17-16-18-21-25-29-33-37-41-45-65-52(61)44-40-36-32-28-22-14-12-10-8-6-4-2/h16,18,21,25,38,42,48-50,53-56,58-59,62-64H,3-15,17,19-20,22-24,26-37,39-41,43-47H2,1-2H3,(H,57,60)/b18-16-,25-21-,42-38+. The normalized spacial score (nSPS) is 19.8. The molecule has 1 heterocycles. The maximum absolute atomic E-state index is 13.0. The third-order valence-electron chi connectivity index (χ3n) is 13.0. The van der Waals surface area contributed by atoms with Gasteiger partial charge in [0.2, 0.25) is 5.91 Å². The predicted molar refractivity (Wildman–Crippen MR) is 274 cm³/mol. The molecule has 1 fully saturated rings. The summed E-state index contributed by atoms with van der Waals surface area (Å²) in [4.78, 5) is 25.0. The van der Waals surface area contributed by atoms with Crippen LogP contribution in [0.2, 0.25) is 0 Å². The van der Waals surface area contributed by atoms with Crippen molar-refractivity contribution in [2.75, 3.05) is 19.8 Å². The summed E-state index contributed by atoms with van der Waals surface area (Å²) < 4.78 is 16.6. The number of esters is 1. The minimum absolute atomic E-state index is 0.0416. The van der Waals surface area contributed by atoms with E-state index in [4.69, 9.17) is 14.2 Å². The van der Waals surface area contributed by atoms with Crippen molar-refractivity contribution in [3.05, 3.63) is 36.5 Å². The van der Waals surface area contributed by atoms with E-state index in [0.29, 0.717) is 19.4 Å². The molecule has 1 rings (SSSR count). The van der Waals surface area contributed by atoms with E-state index in [1.807, 2.05) is 6.08 Å². The third kappa shape index (κ3) is 36.5. The fourth-order valence-corrected chi connectivity index (χ4v) is 8.54. The summed E-state index contributed by atoms with van der Waals surface area (Å²) in [6.45, 7) is 4.26. The minimum atomic E-state index is -1.58. The Balaban J connectivity index is 2.20. The van der Waals surface area contributed by atoms with Crippen LogP contribution >= 0.6 is 0 Å². The first-order chi connectivity index (χ1) is 32.7. The Bertz CT molecular complexity index is 1210. The van der Waals surface area contributed by atoms with Gasteiger partial charge in [0.05, 0.1) is 32.0 Å². The lowest BCUT2D eigenvalue weighted by Gasteiger charge is -2.40. The van der Waals surface area contributed by atoms with Gasteiger partial charge in [-0.3, -0.25) is 9.59 Å². The molecule has 392 valence electrons. The number of aliphatic hydroxyl groups is 5. The highest BCUT2D eigenvalue weighted by Crippen LogP contribution is 2.23. The highest BCUT2D eigenvalue weighted by molar-refractivity contribution is 5.76. The minimum Gasteiger partial charge on any atom is -0.466 e. The van der Waals surface area contributed by atoms with Gasteiger partial charge >= 0.3 is 5.97 Å². The van der Waals surface area contributed by atoms with Crippen LogP contribution in [0.3, 0.4) is 0 Å². The van der Waals surface area contributed by atoms with Gasteiger partial charge in [0.15, 0.2) is 6.29 Å². The molecule has 0 radical (unpaired) electrons. The quantitative estimate of drug-likeness (QED) is 0.0149. The first kappa shape index (κ1) is 62.9. The van der Waals surface area contributed by atoms with Crippen LogP contribution in [0, 0.1) is 0 Å². The number of allylic oxidation sites excluding steroid dienone is 5. The average Bonchev–Trinajstić information content (AvgIpc) is 3.32. The molecule has 0 aliphatic carbocycles. The van der Waals surface area contributed by atoms with Crippen molar-refractivity contribution in [1.82, 2.24) is 5.32 Å². The van der Waals surface area contributed by atoms with Crippen molar-refractivity contribution < 1.29 is 49.3 Å². The zero-order valence-corrected chi connectivity index (χ0v) is 42.9. The lowest BCUT2D eigenvalue weighted by atomic mass is 9.99. The summed E-state index contributed by atoms with van der Waals surface area (Å²) in [5.74, 6) is -0.246. The molecule has 0 aromatic heterocycles. The molecule has 11 heteroatoms. The molecule has 0 spiro atoms. The third-order valence-corrected chi connectivity index (χ3v) is 13.0. The van der Waals surface area contributed by atoms with E-state index >= 15 is 0 Å². The molecular formula is C56H103NO10. The van der Waals surface area contributed by atoms with Gasteiger partial charge in [-0.1, -0.05) is 204 Å². The average molecular weight is 950 g/mol. The highest BCUT2D eigenvalue weighted by Gasteiger charge is 2.44. The summed E-state index contributed by atoms with van der Waals surface area (Å²) in [6, 6.07) is -0.826. The Morgan fingerprint density at radius 3 is 1.48 bits per heavy atom. The first-order valence-corrected chi connectivity index (χ1v) is 27.8. The van der Waals surface area contributed by atoms with Gasteiger partial charge in [0.1, 0.15) is 24.4 Å². The smallest absolute Gasteiger partial charge is 0.305 e. The van der Waals surface area contributed by atoms with Crippen LogP contribution in [0.25, 0.3) is 0 Å². The fourth-order valence-electron chi connectivity index (χ4n) is 8.54. The molecule has 11 nitrogen and oxygen atoms in total. The van der Waals surface area contributed by atoms with Crippen LogP contribution in [0.15, 0.2) is 36.5 Å². The van der Waals surface area contributed by atoms with Crippen LogP contribution in [-0.2, 0) is 23.8 Å². The summed E-state index contributed by atoms with van der Waals surface area (Å²) in [6.07, 6.45) is 45.0. The molecule has 1 aliphatic rings. The number of hydrogen-bond acceptors (Lipinski definition) is 10. The molecule has 1 aliphatic heterocycles. The molecule has 0 bridgehead atoms. The van der Waals surface area contributed by atoms with Crippen molar-refractivity contribution in [2.24, 2.45) is 0 Å². The van der Waals surface area contributed by atoms with Gasteiger partial charge in [0.25, 0.3) is 0 Å². The molecular weight excluding hydrogens is 847 g/mol. The topological polar surface area (TPSA) is 175 Å². The van der Waals surface area contributed by atoms with E-state index in [2.05, 4.69) is 43.5 Å². The first-order valence-electron chi connectivity index (χ1n) is 27.8. The second-order valence-electron chi connectivity index (χ2n) is 19.3. The zero-order chi connectivity index (χ0) is 48.8. The summed E-state index contributed by atoms with van der Waals surface area (Å²) in [5.41, 5.74) is 0. The van der Waals surface area contributed by atoms with Gasteiger partial charge in [-0.15, -0.1) is 0 Å². The number of nitrogens with one attached hydrogen (secondary N) is 1. The molecule has 0 aromatic rings. The molecule has 0 aromatic carbocycles. The maximum Gasteiger partial charge on any atom is 0.305 e. The van der Waals surface area contributed by atoms with Crippen LogP contribution in [0.4, 0.5) is 0 Å². The van der Waals surface area contributed by atoms with E-state index in [1.165, 1.54) is 116 Å². The Labute approximate surface area is 409 Å². The Morgan fingerprint density at radius 1 is 0.552 bits per heavy atom. The lowest BCUT2D eigenvalue weighted by Crippen LogP contribution is -2.60. The molecule has 1 amide bonds. The second-order valence-corrected chi connectivity index (χ2v) is 19.3. The van der Waals surface area contributed by atoms with E-state index in [9.17, 15) is 35.1 Å². The Kier molecular flexibility index (Phi) is 43.4. The van der Waals surface area contributed by atoms with Crippen molar-refractivity contribution in [1.29, 1.82) is 0 Å². The maximum atomic E-state index is 13.0. The molecule has 7 atom stereocenters. The fraction of sp³-hybridized carbons (Fsp3) is 0.857. The van der Waals surface area contributed by atoms with Gasteiger partial charge in [-0.25, -0.2) is 0 Å². The number of rotatable bonds is 47. The molecule has 67 heavy (non-hydrogen) atoms. The number of carbonyl (C=O) groups excluding carboxylic acids is 2. The number of unbranched alkanes of at least 4 members (excludes halogenated alkanes) is 30. The molecule has 1 saturated heterocycles. The monoisotopic (exact) mass is 950 g/mol. The SMILES string of the molecule is CCCCCCCCCCCCC/C=C/C(O)C(COC1OC(CO)C(O)C(O)C1O)NC(=O)CCCCCCCC/C=C\C=C/CCCCCOC(=O)CCCCCCCCCCCCC. The number of ether oxygens (including phenoxy) is 3. The number of carbonyl (C=O) groups is 2. The molecule has 7 unspecified atom stereocenters. The number of hydrogen-bond donors (Lipinski definition) is 6. The second kappa shape index (κ2) is 46.3. The largest absolute Gasteiger partial charge is 0.466 e. The lowest BCUT2D eigenvalue weighted by molar-refractivity contribution is -0.302. The van der Waals surface area contributed by atoms with Crippen LogP contribution in [-0.4, -0.2) is 100 Å². The van der Waals surface area contributed by atoms with E-state index < -0.39 is 49.5 Å². The Morgan fingerprint density at radius 2 is 0.985 bits per heavy atom. The van der Waals surface area contributed by atoms with Crippen LogP contribution < -0.4 is 5.32 Å². The van der Waals surface area contributed by atoms with Gasteiger partial charge in [0, 0.05) is 12.8 Å². The van der Waals surface area contributed by atoms with Crippen molar-refractivity contribution in [2.45, 2.75) is 288 Å². The predicted octanol–water partition coefficient (Wildman–Crippen LogP) is 11.9. The molecule has 6 N–H and O–H groups in total. The summed E-state index contributed by atoms with van der Waals surface area (Å²) >= 11 is 0. The summed E-state index contributed by atoms with van der Waals surface area (Å²) in [5, 5.41) is 54.3. The van der Waals surface area contributed by atoms with Gasteiger partial charge < -0.3 is 45.1 Å². The van der Waals surface area contributed by atoms with Crippen molar-refractivity contribution in [3.8, 4) is 0 Å². The van der Waals surface area contributed by atoms with Gasteiger partial charge in [-0.05, 0) is 64.2 Å². The number of aliphatic hydroxyl groups excluding tert-OH is 5.